The molecule has 5 heteroatoms. The number of carbonyl (C=O) groups excluding carboxylic acids is 2. The van der Waals surface area contributed by atoms with Crippen LogP contribution in [0.3, 0.4) is 0 Å². The van der Waals surface area contributed by atoms with Crippen LogP contribution >= 0.6 is 11.3 Å². The number of hydrogen-bond donors (Lipinski definition) is 2. The number of carbonyl (C=O) groups is 2. The monoisotopic (exact) mass is 324 g/mol. The van der Waals surface area contributed by atoms with E-state index in [9.17, 15) is 9.59 Å². The molecular weight excluding hydrogens is 308 g/mol. The predicted molar refractivity (Wildman–Crippen MR) is 94.3 cm³/mol. The van der Waals surface area contributed by atoms with Gasteiger partial charge in [-0.15, -0.1) is 11.3 Å². The van der Waals surface area contributed by atoms with Gasteiger partial charge < -0.3 is 10.6 Å². The summed E-state index contributed by atoms with van der Waals surface area (Å²) in [6, 6.07) is 14.9. The Morgan fingerprint density at radius 3 is 2.39 bits per heavy atom. The molecule has 4 nitrogen and oxygen atoms in total. The third-order valence-electron chi connectivity index (χ3n) is 3.70. The summed E-state index contributed by atoms with van der Waals surface area (Å²) >= 11 is 1.46. The lowest BCUT2D eigenvalue weighted by Crippen LogP contribution is -2.21. The summed E-state index contributed by atoms with van der Waals surface area (Å²) < 4.78 is 1.08. The van der Waals surface area contributed by atoms with Crippen molar-refractivity contribution >= 4 is 38.9 Å². The molecule has 3 aromatic rings. The van der Waals surface area contributed by atoms with E-state index in [0.717, 1.165) is 15.6 Å². The van der Waals surface area contributed by atoms with Crippen LogP contribution in [0.25, 0.3) is 10.1 Å². The zero-order valence-electron chi connectivity index (χ0n) is 12.8. The van der Waals surface area contributed by atoms with Crippen LogP contribution in [0, 0.1) is 6.92 Å². The molecule has 0 fully saturated rings. The molecule has 116 valence electrons. The molecule has 0 aliphatic carbocycles. The molecule has 2 N–H and O–H groups in total. The van der Waals surface area contributed by atoms with Gasteiger partial charge in [-0.3, -0.25) is 9.59 Å². The van der Waals surface area contributed by atoms with Crippen LogP contribution in [-0.2, 0) is 0 Å². The standard InChI is InChI=1S/C18H16N2O2S/c1-11-12-7-4-6-10-15(12)23-16(11)18(22)20-14-9-5-3-8-13(14)17(21)19-2/h3-10H,1-2H3,(H,19,21)(H,20,22). The molecule has 0 atom stereocenters. The summed E-state index contributed by atoms with van der Waals surface area (Å²) in [5.74, 6) is -0.422. The molecule has 1 aromatic heterocycles. The average Bonchev–Trinajstić information content (AvgIpc) is 2.92. The molecule has 1 heterocycles. The third kappa shape index (κ3) is 2.83. The fraction of sp³-hybridized carbons (Fsp3) is 0.111. The summed E-state index contributed by atoms with van der Waals surface area (Å²) in [6.07, 6.45) is 0. The Morgan fingerprint density at radius 1 is 0.957 bits per heavy atom. The first-order valence-corrected chi connectivity index (χ1v) is 8.04. The number of hydrogen-bond acceptors (Lipinski definition) is 3. The van der Waals surface area contributed by atoms with Crippen LogP contribution in [0.2, 0.25) is 0 Å². The number of rotatable bonds is 3. The molecule has 0 saturated carbocycles. The van der Waals surface area contributed by atoms with Gasteiger partial charge in [-0.25, -0.2) is 0 Å². The van der Waals surface area contributed by atoms with E-state index in [1.807, 2.05) is 31.2 Å². The number of benzene rings is 2. The highest BCUT2D eigenvalue weighted by atomic mass is 32.1. The average molecular weight is 324 g/mol. The van der Waals surface area contributed by atoms with E-state index in [1.165, 1.54) is 11.3 Å². The lowest BCUT2D eigenvalue weighted by Gasteiger charge is -2.09. The van der Waals surface area contributed by atoms with Crippen molar-refractivity contribution in [2.24, 2.45) is 0 Å². The van der Waals surface area contributed by atoms with E-state index in [-0.39, 0.29) is 11.8 Å². The van der Waals surface area contributed by atoms with Gasteiger partial charge in [0.15, 0.2) is 0 Å². The van der Waals surface area contributed by atoms with Gasteiger partial charge in [0.1, 0.15) is 0 Å². The van der Waals surface area contributed by atoms with Crippen LogP contribution in [0.1, 0.15) is 25.6 Å². The number of thiophene rings is 1. The van der Waals surface area contributed by atoms with Crippen molar-refractivity contribution in [2.75, 3.05) is 12.4 Å². The van der Waals surface area contributed by atoms with Gasteiger partial charge in [0, 0.05) is 11.7 Å². The Kier molecular flexibility index (Phi) is 4.12. The van der Waals surface area contributed by atoms with Crippen LogP contribution in [0.4, 0.5) is 5.69 Å². The minimum absolute atomic E-state index is 0.194. The fourth-order valence-electron chi connectivity index (χ4n) is 2.49. The molecule has 0 radical (unpaired) electrons. The zero-order chi connectivity index (χ0) is 16.4. The molecule has 0 unspecified atom stereocenters. The largest absolute Gasteiger partial charge is 0.355 e. The number of fused-ring (bicyclic) bond motifs is 1. The van der Waals surface area contributed by atoms with E-state index in [4.69, 9.17) is 0 Å². The van der Waals surface area contributed by atoms with Crippen LogP contribution in [0.15, 0.2) is 48.5 Å². The molecular formula is C18H16N2O2S. The second kappa shape index (κ2) is 6.22. The van der Waals surface area contributed by atoms with Gasteiger partial charge >= 0.3 is 0 Å². The lowest BCUT2D eigenvalue weighted by atomic mass is 10.1. The zero-order valence-corrected chi connectivity index (χ0v) is 13.7. The number of amides is 2. The second-order valence-electron chi connectivity index (χ2n) is 5.13. The summed E-state index contributed by atoms with van der Waals surface area (Å²) in [6.45, 7) is 1.94. The van der Waals surface area contributed by atoms with E-state index in [1.54, 1.807) is 31.3 Å². The molecule has 23 heavy (non-hydrogen) atoms. The number of anilines is 1. The number of nitrogens with one attached hydrogen (secondary N) is 2. The highest BCUT2D eigenvalue weighted by Gasteiger charge is 2.17. The molecule has 3 rings (SSSR count). The number of aryl methyl sites for hydroxylation is 1. The summed E-state index contributed by atoms with van der Waals surface area (Å²) in [7, 11) is 1.57. The first-order valence-electron chi connectivity index (χ1n) is 7.22. The molecule has 2 aromatic carbocycles. The van der Waals surface area contributed by atoms with Crippen LogP contribution < -0.4 is 10.6 Å². The van der Waals surface area contributed by atoms with Gasteiger partial charge in [-0.1, -0.05) is 30.3 Å². The highest BCUT2D eigenvalue weighted by Crippen LogP contribution is 2.31. The Bertz CT molecular complexity index is 899. The maximum atomic E-state index is 12.6. The molecule has 0 aliphatic heterocycles. The van der Waals surface area contributed by atoms with E-state index < -0.39 is 0 Å². The molecule has 0 bridgehead atoms. The van der Waals surface area contributed by atoms with Crippen LogP contribution in [0.5, 0.6) is 0 Å². The predicted octanol–water partition coefficient (Wildman–Crippen LogP) is 3.82. The normalized spacial score (nSPS) is 10.5. The minimum atomic E-state index is -0.228. The van der Waals surface area contributed by atoms with Crippen molar-refractivity contribution in [2.45, 2.75) is 6.92 Å². The summed E-state index contributed by atoms with van der Waals surface area (Å²) in [5, 5.41) is 6.52. The Hall–Kier alpha value is -2.66. The van der Waals surface area contributed by atoms with Crippen LogP contribution in [-0.4, -0.2) is 18.9 Å². The Morgan fingerprint density at radius 2 is 1.65 bits per heavy atom. The summed E-state index contributed by atoms with van der Waals surface area (Å²) in [4.78, 5) is 25.2. The maximum Gasteiger partial charge on any atom is 0.266 e. The number of para-hydroxylation sites is 1. The molecule has 0 saturated heterocycles. The topological polar surface area (TPSA) is 58.2 Å². The van der Waals surface area contributed by atoms with Crippen molar-refractivity contribution in [3.8, 4) is 0 Å². The highest BCUT2D eigenvalue weighted by molar-refractivity contribution is 7.21. The van der Waals surface area contributed by atoms with Crippen molar-refractivity contribution in [1.29, 1.82) is 0 Å². The van der Waals surface area contributed by atoms with Gasteiger partial charge in [-0.2, -0.15) is 0 Å². The second-order valence-corrected chi connectivity index (χ2v) is 6.18. The van der Waals surface area contributed by atoms with E-state index in [2.05, 4.69) is 10.6 Å². The quantitative estimate of drug-likeness (QED) is 0.769. The van der Waals surface area contributed by atoms with E-state index >= 15 is 0 Å². The van der Waals surface area contributed by atoms with Crippen molar-refractivity contribution in [3.63, 3.8) is 0 Å². The van der Waals surface area contributed by atoms with Crippen molar-refractivity contribution < 1.29 is 9.59 Å². The van der Waals surface area contributed by atoms with Gasteiger partial charge in [0.05, 0.1) is 16.1 Å². The Labute approximate surface area is 138 Å². The first-order chi connectivity index (χ1) is 11.1. The molecule has 0 spiro atoms. The van der Waals surface area contributed by atoms with Crippen molar-refractivity contribution in [1.82, 2.24) is 5.32 Å². The lowest BCUT2D eigenvalue weighted by molar-refractivity contribution is 0.0964. The fourth-order valence-corrected chi connectivity index (χ4v) is 3.60. The van der Waals surface area contributed by atoms with Gasteiger partial charge in [-0.05, 0) is 36.1 Å². The SMILES string of the molecule is CNC(=O)c1ccccc1NC(=O)c1sc2ccccc2c1C. The first kappa shape index (κ1) is 15.2. The van der Waals surface area contributed by atoms with Gasteiger partial charge in [0.2, 0.25) is 0 Å². The third-order valence-corrected chi connectivity index (χ3v) is 4.97. The van der Waals surface area contributed by atoms with E-state index in [0.29, 0.717) is 16.1 Å². The molecule has 2 amide bonds. The Balaban J connectivity index is 1.96. The molecule has 0 aliphatic rings. The van der Waals surface area contributed by atoms with Crippen molar-refractivity contribution in [3.05, 3.63) is 64.5 Å². The maximum absolute atomic E-state index is 12.6. The summed E-state index contributed by atoms with van der Waals surface area (Å²) in [5.41, 5.74) is 1.91. The van der Waals surface area contributed by atoms with Gasteiger partial charge in [0.25, 0.3) is 11.8 Å². The smallest absolute Gasteiger partial charge is 0.266 e. The minimum Gasteiger partial charge on any atom is -0.355 e.